The molecule has 0 unspecified atom stereocenters. The number of nitrogens with zero attached hydrogens (tertiary/aromatic N) is 2. The van der Waals surface area contributed by atoms with Crippen LogP contribution in [0.25, 0.3) is 6.08 Å². The number of aliphatic imine (C=N–C) groups is 1. The summed E-state index contributed by atoms with van der Waals surface area (Å²) in [4.78, 5) is 27.3. The summed E-state index contributed by atoms with van der Waals surface area (Å²) in [7, 11) is 1.50. The zero-order chi connectivity index (χ0) is 25.1. The molecular weight excluding hydrogens is 495 g/mol. The number of methoxy groups -OCH3 is 1. The van der Waals surface area contributed by atoms with Crippen molar-refractivity contribution >= 4 is 46.8 Å². The van der Waals surface area contributed by atoms with Crippen molar-refractivity contribution in [3.63, 3.8) is 0 Å². The molecule has 0 atom stereocenters. The van der Waals surface area contributed by atoms with Crippen molar-refractivity contribution in [1.29, 1.82) is 0 Å². The third-order valence-corrected chi connectivity index (χ3v) is 5.88. The Kier molecular flexibility index (Phi) is 7.04. The largest absolute Gasteiger partial charge is 0.493 e. The summed E-state index contributed by atoms with van der Waals surface area (Å²) in [6.45, 7) is 1.87. The number of carbonyl (C=O) groups excluding carboxylic acids is 1. The second-order valence-corrected chi connectivity index (χ2v) is 8.36. The Balaban J connectivity index is 1.55. The van der Waals surface area contributed by atoms with Gasteiger partial charge in [0.15, 0.2) is 17.2 Å². The van der Waals surface area contributed by atoms with E-state index < -0.39 is 10.9 Å². The average Bonchev–Trinajstić information content (AvgIpc) is 3.20. The smallest absolute Gasteiger partial charge is 0.363 e. The maximum atomic E-state index is 12.4. The van der Waals surface area contributed by atoms with E-state index in [1.807, 2.05) is 6.07 Å². The minimum atomic E-state index is -0.665. The third kappa shape index (κ3) is 5.45. The third-order valence-electron chi connectivity index (χ3n) is 5.14. The number of nitro groups is 1. The van der Waals surface area contributed by atoms with Crippen LogP contribution in [-0.2, 0) is 16.1 Å². The van der Waals surface area contributed by atoms with Crippen LogP contribution in [0.1, 0.15) is 22.3 Å². The molecule has 0 amide bonds. The lowest BCUT2D eigenvalue weighted by atomic mass is 10.1. The van der Waals surface area contributed by atoms with E-state index in [0.29, 0.717) is 38.2 Å². The number of benzene rings is 3. The number of nitro benzene ring substituents is 1. The Labute approximate surface area is 210 Å². The van der Waals surface area contributed by atoms with Crippen LogP contribution in [-0.4, -0.2) is 23.9 Å². The van der Waals surface area contributed by atoms with E-state index in [-0.39, 0.29) is 23.9 Å². The average molecular weight is 513 g/mol. The Hall–Kier alpha value is -3.88. The van der Waals surface area contributed by atoms with Crippen molar-refractivity contribution in [2.24, 2.45) is 4.99 Å². The number of aryl methyl sites for hydroxylation is 1. The molecule has 4 rings (SSSR count). The van der Waals surface area contributed by atoms with Gasteiger partial charge >= 0.3 is 5.97 Å². The zero-order valence-corrected chi connectivity index (χ0v) is 20.1. The lowest BCUT2D eigenvalue weighted by molar-refractivity contribution is -0.385. The van der Waals surface area contributed by atoms with Gasteiger partial charge in [0.2, 0.25) is 5.90 Å². The molecule has 1 aliphatic heterocycles. The van der Waals surface area contributed by atoms with Gasteiger partial charge in [0.1, 0.15) is 6.61 Å². The predicted molar refractivity (Wildman–Crippen MR) is 132 cm³/mol. The molecule has 1 aliphatic rings. The molecule has 0 fully saturated rings. The molecular formula is C25H18Cl2N2O6. The van der Waals surface area contributed by atoms with Crippen LogP contribution in [0.3, 0.4) is 0 Å². The fourth-order valence-electron chi connectivity index (χ4n) is 3.31. The highest BCUT2D eigenvalue weighted by molar-refractivity contribution is 6.42. The van der Waals surface area contributed by atoms with Gasteiger partial charge in [0.25, 0.3) is 5.69 Å². The van der Waals surface area contributed by atoms with Gasteiger partial charge in [-0.2, -0.15) is 0 Å². The Morgan fingerprint density at radius 2 is 1.86 bits per heavy atom. The number of carbonyl (C=O) groups is 1. The van der Waals surface area contributed by atoms with Crippen molar-refractivity contribution < 1.29 is 23.9 Å². The Morgan fingerprint density at radius 1 is 1.06 bits per heavy atom. The highest BCUT2D eigenvalue weighted by Gasteiger charge is 2.26. The molecule has 0 aliphatic carbocycles. The van der Waals surface area contributed by atoms with Crippen LogP contribution in [0.15, 0.2) is 65.3 Å². The van der Waals surface area contributed by atoms with E-state index >= 15 is 0 Å². The van der Waals surface area contributed by atoms with Crippen LogP contribution in [0.2, 0.25) is 10.0 Å². The first-order valence-electron chi connectivity index (χ1n) is 10.3. The molecule has 3 aromatic rings. The minimum absolute atomic E-state index is 0.00195. The molecule has 8 nitrogen and oxygen atoms in total. The lowest BCUT2D eigenvalue weighted by Gasteiger charge is -2.12. The molecule has 0 saturated heterocycles. The maximum absolute atomic E-state index is 12.4. The van der Waals surface area contributed by atoms with Gasteiger partial charge in [-0.25, -0.2) is 9.79 Å². The summed E-state index contributed by atoms with van der Waals surface area (Å²) >= 11 is 12.0. The van der Waals surface area contributed by atoms with Crippen molar-refractivity contribution in [1.82, 2.24) is 0 Å². The summed E-state index contributed by atoms with van der Waals surface area (Å²) in [5.74, 6) is 0.273. The van der Waals surface area contributed by atoms with E-state index in [0.717, 1.165) is 5.56 Å². The van der Waals surface area contributed by atoms with E-state index in [1.165, 1.54) is 19.3 Å². The van der Waals surface area contributed by atoms with Gasteiger partial charge in [0, 0.05) is 17.2 Å². The highest BCUT2D eigenvalue weighted by Crippen LogP contribution is 2.31. The van der Waals surface area contributed by atoms with E-state index in [9.17, 15) is 14.9 Å². The van der Waals surface area contributed by atoms with Crippen molar-refractivity contribution in [3.05, 3.63) is 103 Å². The first-order valence-corrected chi connectivity index (χ1v) is 11.0. The minimum Gasteiger partial charge on any atom is -0.493 e. The standard InChI is InChI=1S/C25H18Cl2N2O6/c1-14-3-6-17(12-21(14)29(31)32)24-28-20(25(30)35-24)10-15-5-8-22(23(11-15)33-2)34-13-16-4-7-18(26)19(27)9-16/h3-12H,13H2,1-2H3/b20-10-. The fraction of sp³-hybridized carbons (Fsp3) is 0.120. The predicted octanol–water partition coefficient (Wildman–Crippen LogP) is 6.14. The van der Waals surface area contributed by atoms with Crippen LogP contribution in [0, 0.1) is 17.0 Å². The van der Waals surface area contributed by atoms with Gasteiger partial charge in [-0.1, -0.05) is 41.4 Å². The number of hydrogen-bond donors (Lipinski definition) is 0. The van der Waals surface area contributed by atoms with Gasteiger partial charge in [0.05, 0.1) is 22.1 Å². The van der Waals surface area contributed by atoms with Crippen molar-refractivity contribution in [2.75, 3.05) is 7.11 Å². The van der Waals surface area contributed by atoms with Gasteiger partial charge in [-0.3, -0.25) is 10.1 Å². The first-order chi connectivity index (χ1) is 16.7. The summed E-state index contributed by atoms with van der Waals surface area (Å²) < 4.78 is 16.5. The Morgan fingerprint density at radius 3 is 2.57 bits per heavy atom. The normalized spacial score (nSPS) is 14.0. The molecule has 10 heteroatoms. The molecule has 0 aromatic heterocycles. The molecule has 0 radical (unpaired) electrons. The number of ether oxygens (including phenoxy) is 3. The summed E-state index contributed by atoms with van der Waals surface area (Å²) in [6.07, 6.45) is 1.53. The number of halogens is 2. The van der Waals surface area contributed by atoms with Crippen LogP contribution in [0.5, 0.6) is 11.5 Å². The molecule has 3 aromatic carbocycles. The number of rotatable bonds is 7. The van der Waals surface area contributed by atoms with Crippen LogP contribution >= 0.6 is 23.2 Å². The monoisotopic (exact) mass is 512 g/mol. The molecule has 35 heavy (non-hydrogen) atoms. The van der Waals surface area contributed by atoms with Crippen LogP contribution in [0.4, 0.5) is 5.69 Å². The first kappa shape index (κ1) is 24.3. The molecule has 1 heterocycles. The van der Waals surface area contributed by atoms with Gasteiger partial charge in [-0.05, 0) is 54.5 Å². The summed E-state index contributed by atoms with van der Waals surface area (Å²) in [5.41, 5.74) is 2.25. The summed E-state index contributed by atoms with van der Waals surface area (Å²) in [6, 6.07) is 14.9. The second kappa shape index (κ2) is 10.2. The lowest BCUT2D eigenvalue weighted by Crippen LogP contribution is -2.06. The van der Waals surface area contributed by atoms with E-state index in [2.05, 4.69) is 4.99 Å². The maximum Gasteiger partial charge on any atom is 0.363 e. The molecule has 0 spiro atoms. The van der Waals surface area contributed by atoms with E-state index in [4.69, 9.17) is 37.4 Å². The van der Waals surface area contributed by atoms with Crippen LogP contribution < -0.4 is 9.47 Å². The van der Waals surface area contributed by atoms with Gasteiger partial charge in [-0.15, -0.1) is 0 Å². The van der Waals surface area contributed by atoms with E-state index in [1.54, 1.807) is 49.4 Å². The number of cyclic esters (lactones) is 1. The molecule has 0 N–H and O–H groups in total. The quantitative estimate of drug-likeness (QED) is 0.163. The fourth-order valence-corrected chi connectivity index (χ4v) is 3.63. The zero-order valence-electron chi connectivity index (χ0n) is 18.6. The highest BCUT2D eigenvalue weighted by atomic mass is 35.5. The number of esters is 1. The number of hydrogen-bond acceptors (Lipinski definition) is 7. The van der Waals surface area contributed by atoms with Crippen molar-refractivity contribution in [2.45, 2.75) is 13.5 Å². The Bertz CT molecular complexity index is 1400. The SMILES string of the molecule is COc1cc(/C=C2\N=C(c3ccc(C)c([N+](=O)[O-])c3)OC2=O)ccc1OCc1ccc(Cl)c(Cl)c1. The topological polar surface area (TPSA) is 100 Å². The van der Waals surface area contributed by atoms with Gasteiger partial charge < -0.3 is 14.2 Å². The summed E-state index contributed by atoms with van der Waals surface area (Å²) in [5, 5.41) is 12.1. The molecule has 178 valence electrons. The molecule has 0 bridgehead atoms. The van der Waals surface area contributed by atoms with Crippen molar-refractivity contribution in [3.8, 4) is 11.5 Å². The molecule has 0 saturated carbocycles. The second-order valence-electron chi connectivity index (χ2n) is 7.54.